The molecule has 5 nitrogen and oxygen atoms in total. The Kier molecular flexibility index (Phi) is 2.52. The summed E-state index contributed by atoms with van der Waals surface area (Å²) in [6, 6.07) is 4.68. The fraction of sp³-hybridized carbons (Fsp3) is 0.273. The van der Waals surface area contributed by atoms with E-state index in [-0.39, 0.29) is 17.5 Å². The molecule has 1 aromatic carbocycles. The molecule has 1 amide bonds. The number of fused-ring (bicyclic) bond motifs is 1. The summed E-state index contributed by atoms with van der Waals surface area (Å²) in [5.74, 6) is -1.12. The van der Waals surface area contributed by atoms with Gasteiger partial charge in [-0.25, -0.2) is 4.79 Å². The summed E-state index contributed by atoms with van der Waals surface area (Å²) >= 11 is 0. The first-order valence-corrected chi connectivity index (χ1v) is 5.00. The standard InChI is InChI=1S/C11H12N2O3/c1-6-4-10(14)13-9-5-7(11(15)16)2-3-8(9)12-6/h2-3,5-6,12H,4H2,1H3,(H,13,14)(H,15,16). The highest BCUT2D eigenvalue weighted by atomic mass is 16.4. The zero-order chi connectivity index (χ0) is 11.7. The predicted molar refractivity (Wildman–Crippen MR) is 59.7 cm³/mol. The van der Waals surface area contributed by atoms with E-state index < -0.39 is 5.97 Å². The average molecular weight is 220 g/mol. The number of anilines is 2. The molecule has 1 aliphatic heterocycles. The van der Waals surface area contributed by atoms with Gasteiger partial charge in [-0.1, -0.05) is 0 Å². The van der Waals surface area contributed by atoms with Gasteiger partial charge in [0.15, 0.2) is 0 Å². The summed E-state index contributed by atoms with van der Waals surface area (Å²) in [4.78, 5) is 22.2. The Labute approximate surface area is 92.5 Å². The van der Waals surface area contributed by atoms with Gasteiger partial charge in [-0.05, 0) is 25.1 Å². The fourth-order valence-electron chi connectivity index (χ4n) is 1.70. The number of nitrogens with one attached hydrogen (secondary N) is 2. The van der Waals surface area contributed by atoms with Crippen LogP contribution >= 0.6 is 0 Å². The second kappa shape index (κ2) is 3.84. The van der Waals surface area contributed by atoms with Gasteiger partial charge in [0.05, 0.1) is 16.9 Å². The number of hydrogen-bond donors (Lipinski definition) is 3. The molecule has 3 N–H and O–H groups in total. The molecular formula is C11H12N2O3. The number of benzene rings is 1. The summed E-state index contributed by atoms with van der Waals surface area (Å²) in [7, 11) is 0. The summed E-state index contributed by atoms with van der Waals surface area (Å²) in [6.45, 7) is 1.90. The molecule has 16 heavy (non-hydrogen) atoms. The van der Waals surface area contributed by atoms with Crippen molar-refractivity contribution in [1.82, 2.24) is 0 Å². The molecule has 0 saturated carbocycles. The number of hydrogen-bond acceptors (Lipinski definition) is 3. The van der Waals surface area contributed by atoms with Gasteiger partial charge >= 0.3 is 5.97 Å². The molecule has 1 aromatic rings. The first kappa shape index (κ1) is 10.5. The highest BCUT2D eigenvalue weighted by Crippen LogP contribution is 2.27. The predicted octanol–water partition coefficient (Wildman–Crippen LogP) is 1.53. The third-order valence-electron chi connectivity index (χ3n) is 2.43. The fourth-order valence-corrected chi connectivity index (χ4v) is 1.70. The average Bonchev–Trinajstić information content (AvgIpc) is 2.32. The van der Waals surface area contributed by atoms with E-state index in [0.717, 1.165) is 5.69 Å². The van der Waals surface area contributed by atoms with Gasteiger partial charge < -0.3 is 15.7 Å². The molecule has 0 saturated heterocycles. The first-order valence-electron chi connectivity index (χ1n) is 5.00. The Morgan fingerprint density at radius 2 is 2.19 bits per heavy atom. The van der Waals surface area contributed by atoms with Gasteiger partial charge in [0.25, 0.3) is 0 Å². The Bertz CT molecular complexity index is 457. The molecule has 1 heterocycles. The van der Waals surface area contributed by atoms with Crippen LogP contribution in [0.25, 0.3) is 0 Å². The van der Waals surface area contributed by atoms with Crippen molar-refractivity contribution in [2.24, 2.45) is 0 Å². The van der Waals surface area contributed by atoms with Crippen molar-refractivity contribution >= 4 is 23.3 Å². The number of amides is 1. The van der Waals surface area contributed by atoms with Crippen LogP contribution in [-0.4, -0.2) is 23.0 Å². The van der Waals surface area contributed by atoms with E-state index in [1.165, 1.54) is 12.1 Å². The van der Waals surface area contributed by atoms with Crippen molar-refractivity contribution in [2.75, 3.05) is 10.6 Å². The third kappa shape index (κ3) is 1.98. The van der Waals surface area contributed by atoms with Crippen LogP contribution in [0.4, 0.5) is 11.4 Å². The zero-order valence-electron chi connectivity index (χ0n) is 8.78. The number of aromatic carboxylic acids is 1. The van der Waals surface area contributed by atoms with Crippen molar-refractivity contribution in [1.29, 1.82) is 0 Å². The van der Waals surface area contributed by atoms with Crippen LogP contribution in [0.5, 0.6) is 0 Å². The Morgan fingerprint density at radius 1 is 1.44 bits per heavy atom. The van der Waals surface area contributed by atoms with Gasteiger partial charge in [-0.3, -0.25) is 4.79 Å². The summed E-state index contributed by atoms with van der Waals surface area (Å²) in [5, 5.41) is 14.7. The lowest BCUT2D eigenvalue weighted by Gasteiger charge is -2.11. The molecule has 0 aromatic heterocycles. The van der Waals surface area contributed by atoms with Crippen LogP contribution in [0.1, 0.15) is 23.7 Å². The lowest BCUT2D eigenvalue weighted by molar-refractivity contribution is -0.116. The zero-order valence-corrected chi connectivity index (χ0v) is 8.78. The Morgan fingerprint density at radius 3 is 2.88 bits per heavy atom. The smallest absolute Gasteiger partial charge is 0.335 e. The number of carbonyl (C=O) groups is 2. The number of carboxylic acid groups (broad SMARTS) is 1. The second-order valence-corrected chi connectivity index (χ2v) is 3.86. The summed E-state index contributed by atoms with van der Waals surface area (Å²) in [5.41, 5.74) is 1.44. The monoisotopic (exact) mass is 220 g/mol. The van der Waals surface area contributed by atoms with Crippen molar-refractivity contribution in [3.8, 4) is 0 Å². The third-order valence-corrected chi connectivity index (χ3v) is 2.43. The Balaban J connectivity index is 2.42. The molecule has 0 fully saturated rings. The van der Waals surface area contributed by atoms with E-state index in [2.05, 4.69) is 10.6 Å². The largest absolute Gasteiger partial charge is 0.478 e. The van der Waals surface area contributed by atoms with Crippen molar-refractivity contribution in [3.63, 3.8) is 0 Å². The van der Waals surface area contributed by atoms with Crippen LogP contribution in [-0.2, 0) is 4.79 Å². The lowest BCUT2D eigenvalue weighted by Crippen LogP contribution is -2.18. The van der Waals surface area contributed by atoms with Crippen LogP contribution < -0.4 is 10.6 Å². The number of rotatable bonds is 1. The quantitative estimate of drug-likeness (QED) is 0.670. The molecule has 0 radical (unpaired) electrons. The second-order valence-electron chi connectivity index (χ2n) is 3.86. The van der Waals surface area contributed by atoms with Crippen LogP contribution in [0.3, 0.4) is 0 Å². The van der Waals surface area contributed by atoms with Crippen molar-refractivity contribution < 1.29 is 14.7 Å². The normalized spacial score (nSPS) is 19.1. The summed E-state index contributed by atoms with van der Waals surface area (Å²) in [6.07, 6.45) is 0.372. The summed E-state index contributed by atoms with van der Waals surface area (Å²) < 4.78 is 0. The number of carbonyl (C=O) groups excluding carboxylic acids is 1. The van der Waals surface area contributed by atoms with E-state index in [4.69, 9.17) is 5.11 Å². The maximum atomic E-state index is 11.4. The van der Waals surface area contributed by atoms with Gasteiger partial charge in [0.1, 0.15) is 0 Å². The number of carboxylic acids is 1. The highest BCUT2D eigenvalue weighted by molar-refractivity contribution is 5.99. The maximum absolute atomic E-state index is 11.4. The molecule has 1 unspecified atom stereocenters. The molecule has 0 aliphatic carbocycles. The minimum atomic E-state index is -1.01. The Hall–Kier alpha value is -2.04. The molecule has 1 atom stereocenters. The van der Waals surface area contributed by atoms with Gasteiger partial charge in [-0.2, -0.15) is 0 Å². The minimum Gasteiger partial charge on any atom is -0.478 e. The minimum absolute atomic E-state index is 0.0388. The molecule has 0 spiro atoms. The van der Waals surface area contributed by atoms with Crippen LogP contribution in [0.2, 0.25) is 0 Å². The maximum Gasteiger partial charge on any atom is 0.335 e. The topological polar surface area (TPSA) is 78.4 Å². The van der Waals surface area contributed by atoms with Crippen molar-refractivity contribution in [3.05, 3.63) is 23.8 Å². The molecular weight excluding hydrogens is 208 g/mol. The lowest BCUT2D eigenvalue weighted by atomic mass is 10.1. The molecule has 84 valence electrons. The van der Waals surface area contributed by atoms with Gasteiger partial charge in [-0.15, -0.1) is 0 Å². The molecule has 1 aliphatic rings. The van der Waals surface area contributed by atoms with E-state index in [1.807, 2.05) is 6.92 Å². The van der Waals surface area contributed by atoms with Gasteiger partial charge in [0.2, 0.25) is 5.91 Å². The van der Waals surface area contributed by atoms with E-state index in [1.54, 1.807) is 6.07 Å². The molecule has 2 rings (SSSR count). The molecule has 5 heteroatoms. The van der Waals surface area contributed by atoms with E-state index in [0.29, 0.717) is 12.1 Å². The van der Waals surface area contributed by atoms with Crippen LogP contribution in [0.15, 0.2) is 18.2 Å². The van der Waals surface area contributed by atoms with E-state index >= 15 is 0 Å². The van der Waals surface area contributed by atoms with Crippen molar-refractivity contribution in [2.45, 2.75) is 19.4 Å². The highest BCUT2D eigenvalue weighted by Gasteiger charge is 2.18. The van der Waals surface area contributed by atoms with Crippen LogP contribution in [0, 0.1) is 0 Å². The van der Waals surface area contributed by atoms with E-state index in [9.17, 15) is 9.59 Å². The van der Waals surface area contributed by atoms with Gasteiger partial charge in [0, 0.05) is 12.5 Å². The first-order chi connectivity index (χ1) is 7.56. The SMILES string of the molecule is CC1CC(=O)Nc2cc(C(=O)O)ccc2N1. The molecule has 0 bridgehead atoms.